The first-order valence-electron chi connectivity index (χ1n) is 10.4. The fourth-order valence-corrected chi connectivity index (χ4v) is 5.07. The van der Waals surface area contributed by atoms with Crippen LogP contribution in [0.25, 0.3) is 11.0 Å². The molecule has 3 aromatic rings. The number of aliphatic hydroxyl groups is 1. The number of carbonyl (C=O) groups excluding carboxylic acids is 1. The molecule has 4 heterocycles. The third-order valence-electron chi connectivity index (χ3n) is 5.68. The lowest BCUT2D eigenvalue weighted by Gasteiger charge is -2.28. The van der Waals surface area contributed by atoms with Gasteiger partial charge in [-0.25, -0.2) is 9.97 Å². The maximum absolute atomic E-state index is 13.3. The Labute approximate surface area is 184 Å². The van der Waals surface area contributed by atoms with Gasteiger partial charge in [-0.2, -0.15) is 0 Å². The Morgan fingerprint density at radius 1 is 1.26 bits per heavy atom. The lowest BCUT2D eigenvalue weighted by Crippen LogP contribution is -2.41. The minimum atomic E-state index is -0.395. The van der Waals surface area contributed by atoms with Crippen molar-refractivity contribution in [1.82, 2.24) is 25.6 Å². The minimum absolute atomic E-state index is 0.0204. The number of benzene rings is 1. The number of anilines is 1. The Kier molecular flexibility index (Phi) is 5.63. The SMILES string of the molecule is O=C(NC(c1ccccc1)[C@H]1C[C@@H](O)CN1)C1=CN(c2ncnc3[nH]ccc23)CCS1. The van der Waals surface area contributed by atoms with Gasteiger partial charge in [-0.15, -0.1) is 11.8 Å². The first-order valence-corrected chi connectivity index (χ1v) is 11.3. The van der Waals surface area contributed by atoms with Crippen molar-refractivity contribution in [3.8, 4) is 0 Å². The largest absolute Gasteiger partial charge is 0.392 e. The maximum atomic E-state index is 13.3. The molecule has 2 aliphatic heterocycles. The summed E-state index contributed by atoms with van der Waals surface area (Å²) in [6.45, 7) is 1.30. The molecule has 1 aromatic carbocycles. The second-order valence-electron chi connectivity index (χ2n) is 7.74. The molecule has 2 aliphatic rings. The summed E-state index contributed by atoms with van der Waals surface area (Å²) in [6.07, 6.45) is 5.45. The second-order valence-corrected chi connectivity index (χ2v) is 8.88. The van der Waals surface area contributed by atoms with E-state index >= 15 is 0 Å². The fourth-order valence-electron chi connectivity index (χ4n) is 4.17. The standard InChI is InChI=1S/C22H24N6O2S/c29-15-10-17(24-11-15)19(14-4-2-1-3-5-14)27-22(30)18-12-28(8-9-31-18)21-16-6-7-23-20(16)25-13-26-21/h1-7,12-13,15,17,19,24,29H,8-11H2,(H,27,30)(H,23,25,26)/t15-,17-,19?/m1/s1. The molecule has 0 bridgehead atoms. The topological polar surface area (TPSA) is 106 Å². The summed E-state index contributed by atoms with van der Waals surface area (Å²) in [6, 6.07) is 11.6. The van der Waals surface area contributed by atoms with E-state index in [9.17, 15) is 9.90 Å². The van der Waals surface area contributed by atoms with Gasteiger partial charge in [-0.1, -0.05) is 30.3 Å². The summed E-state index contributed by atoms with van der Waals surface area (Å²) in [5.74, 6) is 1.45. The molecule has 0 radical (unpaired) electrons. The third kappa shape index (κ3) is 4.16. The van der Waals surface area contributed by atoms with E-state index in [2.05, 4.69) is 25.6 Å². The molecule has 0 saturated carbocycles. The number of rotatable bonds is 5. The normalized spacial score (nSPS) is 22.4. The van der Waals surface area contributed by atoms with E-state index < -0.39 is 6.10 Å². The van der Waals surface area contributed by atoms with Gasteiger partial charge in [0, 0.05) is 37.3 Å². The number of carbonyl (C=O) groups is 1. The predicted octanol–water partition coefficient (Wildman–Crippen LogP) is 1.93. The average molecular weight is 437 g/mol. The van der Waals surface area contributed by atoms with E-state index in [-0.39, 0.29) is 18.0 Å². The van der Waals surface area contributed by atoms with Crippen molar-refractivity contribution in [3.63, 3.8) is 0 Å². The van der Waals surface area contributed by atoms with E-state index in [1.807, 2.05) is 53.7 Å². The van der Waals surface area contributed by atoms with E-state index in [4.69, 9.17) is 0 Å². The quantitative estimate of drug-likeness (QED) is 0.484. The Balaban J connectivity index is 1.39. The van der Waals surface area contributed by atoms with Crippen molar-refractivity contribution >= 4 is 34.5 Å². The Morgan fingerprint density at radius 3 is 2.94 bits per heavy atom. The molecule has 3 atom stereocenters. The molecule has 31 heavy (non-hydrogen) atoms. The Bertz CT molecular complexity index is 1100. The number of fused-ring (bicyclic) bond motifs is 1. The van der Waals surface area contributed by atoms with Gasteiger partial charge in [0.2, 0.25) is 0 Å². The van der Waals surface area contributed by atoms with Crippen LogP contribution in [0.15, 0.2) is 60.0 Å². The number of aliphatic hydroxyl groups excluding tert-OH is 1. The number of hydrogen-bond donors (Lipinski definition) is 4. The van der Waals surface area contributed by atoms with Crippen LogP contribution in [0.1, 0.15) is 18.0 Å². The number of amides is 1. The van der Waals surface area contributed by atoms with Crippen molar-refractivity contribution < 1.29 is 9.90 Å². The van der Waals surface area contributed by atoms with E-state index in [0.29, 0.717) is 17.9 Å². The van der Waals surface area contributed by atoms with Crippen molar-refractivity contribution in [2.75, 3.05) is 23.7 Å². The summed E-state index contributed by atoms with van der Waals surface area (Å²) in [7, 11) is 0. The van der Waals surface area contributed by atoms with Crippen LogP contribution in [-0.4, -0.2) is 57.0 Å². The number of aromatic amines is 1. The van der Waals surface area contributed by atoms with E-state index in [1.165, 1.54) is 6.33 Å². The number of nitrogens with zero attached hydrogens (tertiary/aromatic N) is 3. The molecule has 1 amide bonds. The van der Waals surface area contributed by atoms with Gasteiger partial charge in [-0.05, 0) is 18.1 Å². The van der Waals surface area contributed by atoms with Gasteiger partial charge < -0.3 is 25.6 Å². The van der Waals surface area contributed by atoms with Crippen LogP contribution in [0.3, 0.4) is 0 Å². The smallest absolute Gasteiger partial charge is 0.259 e. The molecule has 1 unspecified atom stereocenters. The third-order valence-corrected chi connectivity index (χ3v) is 6.67. The number of nitrogens with one attached hydrogen (secondary N) is 3. The van der Waals surface area contributed by atoms with Crippen LogP contribution in [0.4, 0.5) is 5.82 Å². The molecular weight excluding hydrogens is 412 g/mol. The van der Waals surface area contributed by atoms with Crippen LogP contribution in [0.5, 0.6) is 0 Å². The molecule has 8 nitrogen and oxygen atoms in total. The molecule has 5 rings (SSSR count). The molecule has 1 fully saturated rings. The van der Waals surface area contributed by atoms with Crippen molar-refractivity contribution in [2.24, 2.45) is 0 Å². The minimum Gasteiger partial charge on any atom is -0.392 e. The first kappa shape index (κ1) is 20.0. The molecule has 2 aromatic heterocycles. The second kappa shape index (κ2) is 8.70. The van der Waals surface area contributed by atoms with Crippen LogP contribution >= 0.6 is 11.8 Å². The lowest BCUT2D eigenvalue weighted by atomic mass is 9.97. The number of hydrogen-bond acceptors (Lipinski definition) is 7. The van der Waals surface area contributed by atoms with Gasteiger partial charge in [0.05, 0.1) is 22.4 Å². The molecule has 4 N–H and O–H groups in total. The number of β-amino-alcohol motifs (C(OH)–C–C–N with tert-alkyl or cyclic N) is 1. The fraction of sp³-hybridized carbons (Fsp3) is 0.318. The zero-order chi connectivity index (χ0) is 21.2. The van der Waals surface area contributed by atoms with Crippen LogP contribution in [-0.2, 0) is 4.79 Å². The van der Waals surface area contributed by atoms with Crippen LogP contribution in [0, 0.1) is 0 Å². The molecule has 0 aliphatic carbocycles. The van der Waals surface area contributed by atoms with Gasteiger partial charge in [-0.3, -0.25) is 4.79 Å². The number of H-pyrrole nitrogens is 1. The highest BCUT2D eigenvalue weighted by Gasteiger charge is 2.32. The van der Waals surface area contributed by atoms with E-state index in [1.54, 1.807) is 11.8 Å². The van der Waals surface area contributed by atoms with Crippen LogP contribution in [0.2, 0.25) is 0 Å². The Hall–Kier alpha value is -2.88. The highest BCUT2D eigenvalue weighted by atomic mass is 32.2. The molecule has 0 spiro atoms. The predicted molar refractivity (Wildman–Crippen MR) is 122 cm³/mol. The highest BCUT2D eigenvalue weighted by Crippen LogP contribution is 2.30. The summed E-state index contributed by atoms with van der Waals surface area (Å²) in [5.41, 5.74) is 1.79. The van der Waals surface area contributed by atoms with Gasteiger partial charge in [0.25, 0.3) is 5.91 Å². The number of thioether (sulfide) groups is 1. The lowest BCUT2D eigenvalue weighted by molar-refractivity contribution is -0.117. The monoisotopic (exact) mass is 436 g/mol. The zero-order valence-electron chi connectivity index (χ0n) is 16.9. The van der Waals surface area contributed by atoms with Gasteiger partial charge in [0.15, 0.2) is 0 Å². The highest BCUT2D eigenvalue weighted by molar-refractivity contribution is 8.04. The van der Waals surface area contributed by atoms with Crippen molar-refractivity contribution in [3.05, 3.63) is 65.6 Å². The van der Waals surface area contributed by atoms with E-state index in [0.717, 1.165) is 34.7 Å². The summed E-state index contributed by atoms with van der Waals surface area (Å²) in [4.78, 5) is 27.7. The molecule has 1 saturated heterocycles. The first-order chi connectivity index (χ1) is 15.2. The maximum Gasteiger partial charge on any atom is 0.259 e. The zero-order valence-corrected chi connectivity index (χ0v) is 17.7. The summed E-state index contributed by atoms with van der Waals surface area (Å²) >= 11 is 1.54. The Morgan fingerprint density at radius 2 is 2.13 bits per heavy atom. The number of aromatic nitrogens is 3. The molecule has 160 valence electrons. The van der Waals surface area contributed by atoms with Crippen LogP contribution < -0.4 is 15.5 Å². The average Bonchev–Trinajstić information content (AvgIpc) is 3.46. The van der Waals surface area contributed by atoms with Gasteiger partial charge in [0.1, 0.15) is 17.8 Å². The van der Waals surface area contributed by atoms with Crippen molar-refractivity contribution in [2.45, 2.75) is 24.6 Å². The molecular formula is C22H24N6O2S. The van der Waals surface area contributed by atoms with Gasteiger partial charge >= 0.3 is 0 Å². The van der Waals surface area contributed by atoms with Crippen molar-refractivity contribution in [1.29, 1.82) is 0 Å². The summed E-state index contributed by atoms with van der Waals surface area (Å²) in [5, 5.41) is 17.5. The molecule has 9 heteroatoms. The summed E-state index contributed by atoms with van der Waals surface area (Å²) < 4.78 is 0.